The monoisotopic (exact) mass is 179 g/mol. The zero-order chi connectivity index (χ0) is 9.78. The normalized spacial score (nSPS) is 16.2. The zero-order valence-corrected chi connectivity index (χ0v) is 6.17. The Morgan fingerprint density at radius 2 is 2.08 bits per heavy atom. The molecule has 2 atom stereocenters. The fourth-order valence-corrected chi connectivity index (χ4v) is 0.576. The van der Waals surface area contributed by atoms with Crippen LogP contribution in [0.25, 0.3) is 0 Å². The van der Waals surface area contributed by atoms with E-state index in [0.717, 1.165) is 6.08 Å². The number of aliphatic hydroxyl groups excluding tert-OH is 1. The van der Waals surface area contributed by atoms with Gasteiger partial charge in [-0.3, -0.25) is 0 Å². The lowest BCUT2D eigenvalue weighted by atomic mass is 10.0. The SMILES string of the molecule is C=C[C@H](C#N)C[C@H](O)C(F)(F)F. The number of nitrogens with zero attached hydrogens (tertiary/aromatic N) is 1. The number of hydrogen-bond donors (Lipinski definition) is 1. The molecule has 0 aromatic rings. The van der Waals surface area contributed by atoms with Gasteiger partial charge in [0.25, 0.3) is 0 Å². The molecule has 0 spiro atoms. The van der Waals surface area contributed by atoms with Crippen molar-refractivity contribution >= 4 is 0 Å². The Morgan fingerprint density at radius 3 is 2.33 bits per heavy atom. The van der Waals surface area contributed by atoms with Gasteiger partial charge in [0, 0.05) is 6.42 Å². The van der Waals surface area contributed by atoms with E-state index in [-0.39, 0.29) is 0 Å². The fraction of sp³-hybridized carbons (Fsp3) is 0.571. The number of alkyl halides is 3. The summed E-state index contributed by atoms with van der Waals surface area (Å²) < 4.78 is 35.1. The van der Waals surface area contributed by atoms with Crippen molar-refractivity contribution in [3.8, 4) is 6.07 Å². The van der Waals surface area contributed by atoms with Gasteiger partial charge in [0.15, 0.2) is 6.10 Å². The van der Waals surface area contributed by atoms with Crippen molar-refractivity contribution in [1.82, 2.24) is 0 Å². The summed E-state index contributed by atoms with van der Waals surface area (Å²) >= 11 is 0. The van der Waals surface area contributed by atoms with E-state index < -0.39 is 24.6 Å². The quantitative estimate of drug-likeness (QED) is 0.669. The third kappa shape index (κ3) is 3.39. The van der Waals surface area contributed by atoms with Gasteiger partial charge in [-0.1, -0.05) is 6.08 Å². The van der Waals surface area contributed by atoms with Crippen LogP contribution in [0.2, 0.25) is 0 Å². The minimum Gasteiger partial charge on any atom is -0.384 e. The summed E-state index contributed by atoms with van der Waals surface area (Å²) in [6, 6.07) is 1.58. The lowest BCUT2D eigenvalue weighted by molar-refractivity contribution is -0.206. The van der Waals surface area contributed by atoms with E-state index >= 15 is 0 Å². The first-order valence-corrected chi connectivity index (χ1v) is 3.18. The van der Waals surface area contributed by atoms with Crippen LogP contribution in [0.5, 0.6) is 0 Å². The van der Waals surface area contributed by atoms with Crippen LogP contribution >= 0.6 is 0 Å². The first-order chi connectivity index (χ1) is 5.41. The molecule has 0 saturated carbocycles. The summed E-state index contributed by atoms with van der Waals surface area (Å²) in [7, 11) is 0. The number of hydrogen-bond acceptors (Lipinski definition) is 2. The third-order valence-electron chi connectivity index (χ3n) is 1.31. The van der Waals surface area contributed by atoms with E-state index in [1.165, 1.54) is 0 Å². The molecule has 0 fully saturated rings. The van der Waals surface area contributed by atoms with Crippen molar-refractivity contribution in [2.75, 3.05) is 0 Å². The highest BCUT2D eigenvalue weighted by Crippen LogP contribution is 2.24. The molecule has 0 heterocycles. The first kappa shape index (κ1) is 11.0. The number of halogens is 3. The smallest absolute Gasteiger partial charge is 0.384 e. The Bertz CT molecular complexity index is 194. The number of allylic oxidation sites excluding steroid dienone is 1. The molecule has 0 bridgehead atoms. The van der Waals surface area contributed by atoms with Crippen LogP contribution in [0, 0.1) is 17.2 Å². The summed E-state index contributed by atoms with van der Waals surface area (Å²) in [5, 5.41) is 16.7. The molecular weight excluding hydrogens is 171 g/mol. The molecule has 0 radical (unpaired) electrons. The standard InChI is InChI=1S/C7H8F3NO/c1-2-5(4-11)3-6(12)7(8,9)10/h2,5-6,12H,1,3H2/t5-,6-/m0/s1. The van der Waals surface area contributed by atoms with Gasteiger partial charge in [-0.2, -0.15) is 18.4 Å². The number of rotatable bonds is 3. The van der Waals surface area contributed by atoms with Gasteiger partial charge in [-0.15, -0.1) is 6.58 Å². The molecule has 0 aromatic heterocycles. The highest BCUT2D eigenvalue weighted by Gasteiger charge is 2.38. The van der Waals surface area contributed by atoms with Crippen LogP contribution in [0.3, 0.4) is 0 Å². The van der Waals surface area contributed by atoms with Crippen molar-refractivity contribution in [3.05, 3.63) is 12.7 Å². The molecule has 12 heavy (non-hydrogen) atoms. The lowest BCUT2D eigenvalue weighted by Crippen LogP contribution is -2.30. The first-order valence-electron chi connectivity index (χ1n) is 3.18. The second-order valence-corrected chi connectivity index (χ2v) is 2.26. The maximum atomic E-state index is 11.7. The molecule has 0 rings (SSSR count). The molecule has 0 aliphatic rings. The molecule has 0 aromatic carbocycles. The molecule has 0 aliphatic heterocycles. The Labute approximate surface area is 67.9 Å². The molecule has 5 heteroatoms. The van der Waals surface area contributed by atoms with Crippen LogP contribution in [-0.4, -0.2) is 17.4 Å². The van der Waals surface area contributed by atoms with Gasteiger partial charge in [0.2, 0.25) is 0 Å². The lowest BCUT2D eigenvalue weighted by Gasteiger charge is -2.14. The van der Waals surface area contributed by atoms with E-state index in [1.807, 2.05) is 0 Å². The summed E-state index contributed by atoms with van der Waals surface area (Å²) in [5.74, 6) is -0.957. The Morgan fingerprint density at radius 1 is 1.58 bits per heavy atom. The highest BCUT2D eigenvalue weighted by atomic mass is 19.4. The average molecular weight is 179 g/mol. The van der Waals surface area contributed by atoms with Gasteiger partial charge in [0.1, 0.15) is 0 Å². The molecule has 0 saturated heterocycles. The highest BCUT2D eigenvalue weighted by molar-refractivity contribution is 4.97. The Hall–Kier alpha value is -1.02. The largest absolute Gasteiger partial charge is 0.414 e. The van der Waals surface area contributed by atoms with Gasteiger partial charge >= 0.3 is 6.18 Å². The zero-order valence-electron chi connectivity index (χ0n) is 6.17. The Kier molecular flexibility index (Phi) is 3.77. The minimum atomic E-state index is -4.65. The molecule has 68 valence electrons. The second kappa shape index (κ2) is 4.12. The second-order valence-electron chi connectivity index (χ2n) is 2.26. The van der Waals surface area contributed by atoms with Gasteiger partial charge in [-0.25, -0.2) is 0 Å². The van der Waals surface area contributed by atoms with E-state index in [1.54, 1.807) is 6.07 Å². The van der Waals surface area contributed by atoms with E-state index in [0.29, 0.717) is 0 Å². The van der Waals surface area contributed by atoms with Crippen LogP contribution in [0.15, 0.2) is 12.7 Å². The van der Waals surface area contributed by atoms with Crippen molar-refractivity contribution in [3.63, 3.8) is 0 Å². The summed E-state index contributed by atoms with van der Waals surface area (Å²) in [6.45, 7) is 3.17. The molecule has 0 unspecified atom stereocenters. The van der Waals surface area contributed by atoms with Crippen LogP contribution < -0.4 is 0 Å². The van der Waals surface area contributed by atoms with Crippen molar-refractivity contribution < 1.29 is 18.3 Å². The van der Waals surface area contributed by atoms with Gasteiger partial charge < -0.3 is 5.11 Å². The van der Waals surface area contributed by atoms with Crippen molar-refractivity contribution in [2.45, 2.75) is 18.7 Å². The van der Waals surface area contributed by atoms with E-state index in [2.05, 4.69) is 6.58 Å². The van der Waals surface area contributed by atoms with Crippen molar-refractivity contribution in [1.29, 1.82) is 5.26 Å². The van der Waals surface area contributed by atoms with Crippen LogP contribution in [0.4, 0.5) is 13.2 Å². The fourth-order valence-electron chi connectivity index (χ4n) is 0.576. The number of aliphatic hydroxyl groups is 1. The molecule has 2 nitrogen and oxygen atoms in total. The molecule has 1 N–H and O–H groups in total. The molecular formula is C7H8F3NO. The minimum absolute atomic E-state index is 0.649. The maximum Gasteiger partial charge on any atom is 0.414 e. The van der Waals surface area contributed by atoms with Gasteiger partial charge in [-0.05, 0) is 0 Å². The average Bonchev–Trinajstić information content (AvgIpc) is 1.97. The maximum absolute atomic E-state index is 11.7. The summed E-state index contributed by atoms with van der Waals surface area (Å²) in [4.78, 5) is 0. The number of nitriles is 1. The summed E-state index contributed by atoms with van der Waals surface area (Å²) in [6.07, 6.45) is -6.67. The topological polar surface area (TPSA) is 44.0 Å². The molecule has 0 aliphatic carbocycles. The van der Waals surface area contributed by atoms with E-state index in [4.69, 9.17) is 10.4 Å². The van der Waals surface area contributed by atoms with Crippen molar-refractivity contribution in [2.24, 2.45) is 5.92 Å². The summed E-state index contributed by atoms with van der Waals surface area (Å²) in [5.41, 5.74) is 0. The predicted molar refractivity (Wildman–Crippen MR) is 36.0 cm³/mol. The third-order valence-corrected chi connectivity index (χ3v) is 1.31. The van der Waals surface area contributed by atoms with Crippen LogP contribution in [-0.2, 0) is 0 Å². The Balaban J connectivity index is 4.09. The van der Waals surface area contributed by atoms with Crippen LogP contribution in [0.1, 0.15) is 6.42 Å². The van der Waals surface area contributed by atoms with Gasteiger partial charge in [0.05, 0.1) is 12.0 Å². The molecule has 0 amide bonds. The van der Waals surface area contributed by atoms with E-state index in [9.17, 15) is 13.2 Å². The predicted octanol–water partition coefficient (Wildman–Crippen LogP) is 1.63.